The highest BCUT2D eigenvalue weighted by Crippen LogP contribution is 2.40. The van der Waals surface area contributed by atoms with Crippen molar-refractivity contribution in [2.45, 2.75) is 39.3 Å². The van der Waals surface area contributed by atoms with Crippen LogP contribution in [-0.4, -0.2) is 12.1 Å². The lowest BCUT2D eigenvalue weighted by atomic mass is 9.94. The summed E-state index contributed by atoms with van der Waals surface area (Å²) in [5.74, 6) is 1.02. The molecule has 0 saturated heterocycles. The van der Waals surface area contributed by atoms with Gasteiger partial charge in [0.25, 0.3) is 0 Å². The molecule has 0 aromatic heterocycles. The normalized spacial score (nSPS) is 18.5. The molecular formula is C18H21NO. The Hall–Kier alpha value is -1.80. The van der Waals surface area contributed by atoms with Crippen molar-refractivity contribution in [2.24, 2.45) is 5.73 Å². The zero-order valence-electron chi connectivity index (χ0n) is 12.3. The Kier molecular flexibility index (Phi) is 3.27. The van der Waals surface area contributed by atoms with Crippen LogP contribution in [-0.2, 0) is 6.42 Å². The number of rotatable bonds is 2. The molecule has 2 heteroatoms. The minimum absolute atomic E-state index is 0.0499. The molecule has 0 bridgehead atoms. The fraction of sp³-hybridized carbons (Fsp3) is 0.333. The van der Waals surface area contributed by atoms with Crippen LogP contribution in [0, 0.1) is 13.8 Å². The lowest BCUT2D eigenvalue weighted by molar-refractivity contribution is 0.207. The third kappa shape index (κ3) is 2.10. The number of hydrogen-bond donors (Lipinski definition) is 1. The summed E-state index contributed by atoms with van der Waals surface area (Å²) in [5.41, 5.74) is 12.3. The van der Waals surface area contributed by atoms with Crippen LogP contribution >= 0.6 is 0 Å². The number of hydrogen-bond acceptors (Lipinski definition) is 2. The molecule has 0 radical (unpaired) electrons. The molecule has 1 aliphatic heterocycles. The van der Waals surface area contributed by atoms with E-state index in [1.165, 1.54) is 27.8 Å². The molecule has 0 spiro atoms. The highest BCUT2D eigenvalue weighted by atomic mass is 16.5. The van der Waals surface area contributed by atoms with E-state index in [-0.39, 0.29) is 12.1 Å². The van der Waals surface area contributed by atoms with E-state index in [0.717, 1.165) is 12.2 Å². The molecule has 1 heterocycles. The predicted octanol–water partition coefficient (Wildman–Crippen LogP) is 3.62. The van der Waals surface area contributed by atoms with E-state index < -0.39 is 0 Å². The third-order valence-corrected chi connectivity index (χ3v) is 4.27. The summed E-state index contributed by atoms with van der Waals surface area (Å²) >= 11 is 0. The summed E-state index contributed by atoms with van der Waals surface area (Å²) in [6.07, 6.45) is 1.00. The van der Waals surface area contributed by atoms with Crippen LogP contribution in [0.2, 0.25) is 0 Å². The van der Waals surface area contributed by atoms with Gasteiger partial charge in [0.05, 0.1) is 0 Å². The molecule has 0 fully saturated rings. The minimum Gasteiger partial charge on any atom is -0.488 e. The zero-order chi connectivity index (χ0) is 14.3. The van der Waals surface area contributed by atoms with Gasteiger partial charge in [-0.05, 0) is 43.0 Å². The van der Waals surface area contributed by atoms with Gasteiger partial charge in [0, 0.05) is 18.0 Å². The molecule has 2 aromatic rings. The number of aryl methyl sites for hydroxylation is 1. The van der Waals surface area contributed by atoms with E-state index >= 15 is 0 Å². The molecule has 2 nitrogen and oxygen atoms in total. The van der Waals surface area contributed by atoms with Crippen molar-refractivity contribution in [1.29, 1.82) is 0 Å². The fourth-order valence-corrected chi connectivity index (χ4v) is 2.84. The van der Waals surface area contributed by atoms with E-state index in [9.17, 15) is 0 Å². The Bertz CT molecular complexity index is 646. The summed E-state index contributed by atoms with van der Waals surface area (Å²) in [7, 11) is 0. The summed E-state index contributed by atoms with van der Waals surface area (Å²) in [6, 6.07) is 12.9. The second-order valence-corrected chi connectivity index (χ2v) is 5.76. The van der Waals surface area contributed by atoms with Gasteiger partial charge in [-0.15, -0.1) is 0 Å². The van der Waals surface area contributed by atoms with E-state index in [4.69, 9.17) is 10.5 Å². The van der Waals surface area contributed by atoms with Gasteiger partial charge in [0.1, 0.15) is 11.9 Å². The average Bonchev–Trinajstić information content (AvgIpc) is 2.86. The van der Waals surface area contributed by atoms with Gasteiger partial charge in [0.2, 0.25) is 0 Å². The molecule has 0 saturated carbocycles. The van der Waals surface area contributed by atoms with Crippen molar-refractivity contribution in [1.82, 2.24) is 0 Å². The Morgan fingerprint density at radius 1 is 1.10 bits per heavy atom. The number of para-hydroxylation sites is 1. The molecule has 2 N–H and O–H groups in total. The highest BCUT2D eigenvalue weighted by Gasteiger charge is 2.28. The second kappa shape index (κ2) is 4.95. The van der Waals surface area contributed by atoms with Crippen LogP contribution in [0.5, 0.6) is 5.75 Å². The van der Waals surface area contributed by atoms with Crippen LogP contribution in [0.4, 0.5) is 0 Å². The number of benzene rings is 2. The van der Waals surface area contributed by atoms with Crippen molar-refractivity contribution >= 4 is 0 Å². The van der Waals surface area contributed by atoms with Gasteiger partial charge >= 0.3 is 0 Å². The van der Waals surface area contributed by atoms with Crippen molar-refractivity contribution in [3.63, 3.8) is 0 Å². The SMILES string of the molecule is Cc1cccc(-c2cccc3c2OC(C(C)N)C3)c1C. The molecule has 20 heavy (non-hydrogen) atoms. The Morgan fingerprint density at radius 2 is 1.80 bits per heavy atom. The first-order valence-corrected chi connectivity index (χ1v) is 7.18. The van der Waals surface area contributed by atoms with E-state index in [2.05, 4.69) is 50.2 Å². The largest absolute Gasteiger partial charge is 0.488 e. The minimum atomic E-state index is 0.0499. The summed E-state index contributed by atoms with van der Waals surface area (Å²) in [5, 5.41) is 0. The topological polar surface area (TPSA) is 35.2 Å². The predicted molar refractivity (Wildman–Crippen MR) is 83.1 cm³/mol. The molecule has 0 aliphatic carbocycles. The van der Waals surface area contributed by atoms with Gasteiger partial charge < -0.3 is 10.5 Å². The van der Waals surface area contributed by atoms with Gasteiger partial charge in [-0.3, -0.25) is 0 Å². The van der Waals surface area contributed by atoms with Gasteiger partial charge in [0.15, 0.2) is 0 Å². The maximum absolute atomic E-state index is 6.12. The van der Waals surface area contributed by atoms with Crippen molar-refractivity contribution in [3.05, 3.63) is 53.1 Å². The van der Waals surface area contributed by atoms with Crippen LogP contribution < -0.4 is 10.5 Å². The first-order chi connectivity index (χ1) is 9.58. The van der Waals surface area contributed by atoms with Crippen LogP contribution in [0.3, 0.4) is 0 Å². The first-order valence-electron chi connectivity index (χ1n) is 7.18. The Labute approximate surface area is 120 Å². The maximum atomic E-state index is 6.12. The lowest BCUT2D eigenvalue weighted by Gasteiger charge is -2.16. The Morgan fingerprint density at radius 3 is 2.55 bits per heavy atom. The van der Waals surface area contributed by atoms with Crippen LogP contribution in [0.1, 0.15) is 23.6 Å². The summed E-state index contributed by atoms with van der Waals surface area (Å²) < 4.78 is 6.12. The van der Waals surface area contributed by atoms with E-state index in [1.54, 1.807) is 0 Å². The molecule has 3 rings (SSSR count). The van der Waals surface area contributed by atoms with Crippen LogP contribution in [0.25, 0.3) is 11.1 Å². The number of nitrogens with two attached hydrogens (primary N) is 1. The average molecular weight is 267 g/mol. The van der Waals surface area contributed by atoms with Crippen molar-refractivity contribution in [2.75, 3.05) is 0 Å². The smallest absolute Gasteiger partial charge is 0.130 e. The highest BCUT2D eigenvalue weighted by molar-refractivity contribution is 5.76. The molecule has 104 valence electrons. The van der Waals surface area contributed by atoms with E-state index in [1.807, 2.05) is 6.92 Å². The molecule has 2 atom stereocenters. The lowest BCUT2D eigenvalue weighted by Crippen LogP contribution is -2.34. The standard InChI is InChI=1S/C18H21NO/c1-11-6-4-8-15(12(11)2)16-9-5-7-14-10-17(13(3)19)20-18(14)16/h4-9,13,17H,10,19H2,1-3H3. The Balaban J connectivity index is 2.10. The molecular weight excluding hydrogens is 246 g/mol. The third-order valence-electron chi connectivity index (χ3n) is 4.27. The summed E-state index contributed by atoms with van der Waals surface area (Å²) in [6.45, 7) is 6.32. The first kappa shape index (κ1) is 13.2. The quantitative estimate of drug-likeness (QED) is 0.902. The van der Waals surface area contributed by atoms with Crippen LogP contribution in [0.15, 0.2) is 36.4 Å². The van der Waals surface area contributed by atoms with Crippen molar-refractivity contribution in [3.8, 4) is 16.9 Å². The molecule has 0 amide bonds. The van der Waals surface area contributed by atoms with Gasteiger partial charge in [-0.2, -0.15) is 0 Å². The monoisotopic (exact) mass is 267 g/mol. The molecule has 2 aromatic carbocycles. The van der Waals surface area contributed by atoms with Crippen molar-refractivity contribution < 1.29 is 4.74 Å². The summed E-state index contributed by atoms with van der Waals surface area (Å²) in [4.78, 5) is 0. The fourth-order valence-electron chi connectivity index (χ4n) is 2.84. The second-order valence-electron chi connectivity index (χ2n) is 5.76. The molecule has 1 aliphatic rings. The van der Waals surface area contributed by atoms with E-state index in [0.29, 0.717) is 0 Å². The van der Waals surface area contributed by atoms with Gasteiger partial charge in [-0.1, -0.05) is 36.4 Å². The number of ether oxygens (including phenoxy) is 1. The van der Waals surface area contributed by atoms with Gasteiger partial charge in [-0.25, -0.2) is 0 Å². The molecule has 2 unspecified atom stereocenters. The number of fused-ring (bicyclic) bond motifs is 1. The maximum Gasteiger partial charge on any atom is 0.130 e. The zero-order valence-corrected chi connectivity index (χ0v) is 12.3.